The summed E-state index contributed by atoms with van der Waals surface area (Å²) in [4.78, 5) is 0. The Labute approximate surface area is 112 Å². The fourth-order valence-electron chi connectivity index (χ4n) is 1.65. The van der Waals surface area contributed by atoms with E-state index in [0.717, 1.165) is 17.8 Å². The second kappa shape index (κ2) is 6.58. The van der Waals surface area contributed by atoms with E-state index in [-0.39, 0.29) is 0 Å². The van der Waals surface area contributed by atoms with Gasteiger partial charge in [0, 0.05) is 6.20 Å². The number of aromatic nitrogens is 2. The number of nitrogens with two attached hydrogens (primary N) is 1. The minimum atomic E-state index is 0.579. The van der Waals surface area contributed by atoms with Gasteiger partial charge in [-0.1, -0.05) is 13.0 Å². The first-order valence-corrected chi connectivity index (χ1v) is 6.33. The van der Waals surface area contributed by atoms with Gasteiger partial charge in [0.25, 0.3) is 0 Å². The van der Waals surface area contributed by atoms with Crippen LogP contribution in [0.1, 0.15) is 19.0 Å². The molecule has 5 nitrogen and oxygen atoms in total. The van der Waals surface area contributed by atoms with Gasteiger partial charge in [0.1, 0.15) is 5.75 Å². The van der Waals surface area contributed by atoms with Crippen LogP contribution in [-0.4, -0.2) is 16.8 Å². The van der Waals surface area contributed by atoms with Crippen molar-refractivity contribution in [3.63, 3.8) is 0 Å². The Morgan fingerprint density at radius 2 is 2.16 bits per heavy atom. The van der Waals surface area contributed by atoms with Gasteiger partial charge in [-0.15, -0.1) is 0 Å². The standard InChI is InChI=1S/C14H18N4O/c1-2-9-19-13-7-3-6-12(14(13)15)16-10-11-5-4-8-17-18-11/h3-8,16H,2,9-10,15H2,1H3. The lowest BCUT2D eigenvalue weighted by atomic mass is 10.2. The number of hydrogen-bond donors (Lipinski definition) is 2. The number of para-hydroxylation sites is 1. The lowest BCUT2D eigenvalue weighted by Gasteiger charge is -2.13. The van der Waals surface area contributed by atoms with Crippen LogP contribution >= 0.6 is 0 Å². The Morgan fingerprint density at radius 1 is 1.26 bits per heavy atom. The van der Waals surface area contributed by atoms with E-state index in [1.165, 1.54) is 0 Å². The van der Waals surface area contributed by atoms with Crippen molar-refractivity contribution >= 4 is 11.4 Å². The molecule has 2 aromatic rings. The molecule has 0 atom stereocenters. The predicted molar refractivity (Wildman–Crippen MR) is 76.0 cm³/mol. The van der Waals surface area contributed by atoms with Crippen molar-refractivity contribution < 1.29 is 4.74 Å². The molecule has 0 saturated heterocycles. The van der Waals surface area contributed by atoms with Gasteiger partial charge in [-0.25, -0.2) is 0 Å². The Balaban J connectivity index is 2.04. The Morgan fingerprint density at radius 3 is 2.89 bits per heavy atom. The Bertz CT molecular complexity index is 516. The van der Waals surface area contributed by atoms with Gasteiger partial charge in [-0.2, -0.15) is 10.2 Å². The highest BCUT2D eigenvalue weighted by atomic mass is 16.5. The van der Waals surface area contributed by atoms with Gasteiger partial charge in [0.15, 0.2) is 0 Å². The van der Waals surface area contributed by atoms with E-state index in [9.17, 15) is 0 Å². The normalized spacial score (nSPS) is 10.2. The minimum Gasteiger partial charge on any atom is -0.491 e. The number of ether oxygens (including phenoxy) is 1. The number of nitrogen functional groups attached to an aromatic ring is 1. The summed E-state index contributed by atoms with van der Waals surface area (Å²) < 4.78 is 5.59. The summed E-state index contributed by atoms with van der Waals surface area (Å²) in [6.07, 6.45) is 2.60. The maximum absolute atomic E-state index is 6.06. The second-order valence-corrected chi connectivity index (χ2v) is 4.13. The number of benzene rings is 1. The molecule has 3 N–H and O–H groups in total. The Kier molecular flexibility index (Phi) is 4.55. The molecule has 1 heterocycles. The third-order valence-corrected chi connectivity index (χ3v) is 2.62. The van der Waals surface area contributed by atoms with E-state index in [1.54, 1.807) is 6.20 Å². The number of anilines is 2. The maximum atomic E-state index is 6.06. The molecule has 0 spiro atoms. The van der Waals surface area contributed by atoms with Crippen molar-refractivity contribution in [3.05, 3.63) is 42.2 Å². The summed E-state index contributed by atoms with van der Waals surface area (Å²) in [5.74, 6) is 0.714. The summed E-state index contributed by atoms with van der Waals surface area (Å²) in [5.41, 5.74) is 8.40. The van der Waals surface area contributed by atoms with Crippen molar-refractivity contribution in [1.82, 2.24) is 10.2 Å². The van der Waals surface area contributed by atoms with Crippen LogP contribution in [0.25, 0.3) is 0 Å². The first kappa shape index (κ1) is 13.1. The van der Waals surface area contributed by atoms with Crippen molar-refractivity contribution in [2.24, 2.45) is 0 Å². The van der Waals surface area contributed by atoms with Crippen LogP contribution in [-0.2, 0) is 6.54 Å². The van der Waals surface area contributed by atoms with Gasteiger partial charge < -0.3 is 15.8 Å². The molecule has 0 radical (unpaired) electrons. The van der Waals surface area contributed by atoms with Gasteiger partial charge in [0.2, 0.25) is 0 Å². The molecule has 0 fully saturated rings. The van der Waals surface area contributed by atoms with Crippen LogP contribution in [0.15, 0.2) is 36.5 Å². The lowest BCUT2D eigenvalue weighted by Crippen LogP contribution is -2.06. The molecule has 2 rings (SSSR count). The van der Waals surface area contributed by atoms with Gasteiger partial charge in [-0.3, -0.25) is 0 Å². The summed E-state index contributed by atoms with van der Waals surface area (Å²) in [6, 6.07) is 9.48. The van der Waals surface area contributed by atoms with Crippen molar-refractivity contribution in [2.45, 2.75) is 19.9 Å². The van der Waals surface area contributed by atoms with E-state index in [0.29, 0.717) is 24.6 Å². The predicted octanol–water partition coefficient (Wildman–Crippen LogP) is 2.46. The quantitative estimate of drug-likeness (QED) is 0.779. The molecule has 1 aromatic heterocycles. The molecule has 0 aliphatic heterocycles. The SMILES string of the molecule is CCCOc1cccc(NCc2cccnn2)c1N. The molecule has 19 heavy (non-hydrogen) atoms. The zero-order chi connectivity index (χ0) is 13.5. The molecule has 1 aromatic carbocycles. The van der Waals surface area contributed by atoms with Crippen molar-refractivity contribution in [3.8, 4) is 5.75 Å². The summed E-state index contributed by atoms with van der Waals surface area (Å²) >= 11 is 0. The van der Waals surface area contributed by atoms with Crippen LogP contribution in [0.3, 0.4) is 0 Å². The molecule has 0 unspecified atom stereocenters. The van der Waals surface area contributed by atoms with E-state index < -0.39 is 0 Å². The molecular weight excluding hydrogens is 240 g/mol. The second-order valence-electron chi connectivity index (χ2n) is 4.13. The highest BCUT2D eigenvalue weighted by molar-refractivity contribution is 5.72. The van der Waals surface area contributed by atoms with E-state index in [4.69, 9.17) is 10.5 Å². The highest BCUT2D eigenvalue weighted by Gasteiger charge is 2.05. The first-order chi connectivity index (χ1) is 9.31. The number of nitrogens with one attached hydrogen (secondary N) is 1. The van der Waals surface area contributed by atoms with E-state index >= 15 is 0 Å². The van der Waals surface area contributed by atoms with Crippen LogP contribution in [0.4, 0.5) is 11.4 Å². The molecule has 0 bridgehead atoms. The van der Waals surface area contributed by atoms with Crippen LogP contribution in [0.5, 0.6) is 5.75 Å². The fraction of sp³-hybridized carbons (Fsp3) is 0.286. The van der Waals surface area contributed by atoms with Crippen molar-refractivity contribution in [1.29, 1.82) is 0 Å². The first-order valence-electron chi connectivity index (χ1n) is 6.33. The minimum absolute atomic E-state index is 0.579. The molecule has 0 aliphatic carbocycles. The zero-order valence-electron chi connectivity index (χ0n) is 11.0. The number of nitrogens with zero attached hydrogens (tertiary/aromatic N) is 2. The smallest absolute Gasteiger partial charge is 0.144 e. The van der Waals surface area contributed by atoms with Gasteiger partial charge in [-0.05, 0) is 30.7 Å². The fourth-order valence-corrected chi connectivity index (χ4v) is 1.65. The zero-order valence-corrected chi connectivity index (χ0v) is 11.0. The van der Waals surface area contributed by atoms with Gasteiger partial charge in [0.05, 0.1) is 30.2 Å². The van der Waals surface area contributed by atoms with Crippen molar-refractivity contribution in [2.75, 3.05) is 17.7 Å². The van der Waals surface area contributed by atoms with Crippen LogP contribution in [0, 0.1) is 0 Å². The molecule has 5 heteroatoms. The monoisotopic (exact) mass is 258 g/mol. The average molecular weight is 258 g/mol. The number of rotatable bonds is 6. The van der Waals surface area contributed by atoms with E-state index in [1.807, 2.05) is 30.3 Å². The summed E-state index contributed by atoms with van der Waals surface area (Å²) in [6.45, 7) is 3.31. The average Bonchev–Trinajstić information content (AvgIpc) is 2.46. The summed E-state index contributed by atoms with van der Waals surface area (Å²) in [5, 5.41) is 11.1. The largest absolute Gasteiger partial charge is 0.491 e. The third kappa shape index (κ3) is 3.58. The maximum Gasteiger partial charge on any atom is 0.144 e. The molecule has 0 saturated carbocycles. The molecule has 0 amide bonds. The molecular formula is C14H18N4O. The molecule has 100 valence electrons. The Hall–Kier alpha value is -2.30. The van der Waals surface area contributed by atoms with Gasteiger partial charge >= 0.3 is 0 Å². The topological polar surface area (TPSA) is 73.1 Å². The lowest BCUT2D eigenvalue weighted by molar-refractivity contribution is 0.319. The summed E-state index contributed by atoms with van der Waals surface area (Å²) in [7, 11) is 0. The molecule has 0 aliphatic rings. The third-order valence-electron chi connectivity index (χ3n) is 2.62. The number of hydrogen-bond acceptors (Lipinski definition) is 5. The highest BCUT2D eigenvalue weighted by Crippen LogP contribution is 2.29. The van der Waals surface area contributed by atoms with Crippen LogP contribution < -0.4 is 15.8 Å². The van der Waals surface area contributed by atoms with E-state index in [2.05, 4.69) is 22.4 Å². The van der Waals surface area contributed by atoms with Crippen LogP contribution in [0.2, 0.25) is 0 Å².